The fraction of sp³-hybridized carbons (Fsp3) is 0.529. The van der Waals surface area contributed by atoms with Crippen LogP contribution in [0.15, 0.2) is 24.3 Å². The molecule has 0 saturated carbocycles. The molecule has 0 heterocycles. The van der Waals surface area contributed by atoms with E-state index in [1.807, 2.05) is 0 Å². The van der Waals surface area contributed by atoms with Gasteiger partial charge in [-0.3, -0.25) is 0 Å². The van der Waals surface area contributed by atoms with Gasteiger partial charge in [-0.2, -0.15) is 0 Å². The minimum atomic E-state index is 1.06. The van der Waals surface area contributed by atoms with Crippen LogP contribution in [0.4, 0.5) is 0 Å². The van der Waals surface area contributed by atoms with Gasteiger partial charge in [-0.25, -0.2) is 0 Å². The summed E-state index contributed by atoms with van der Waals surface area (Å²) in [6.07, 6.45) is 8.00. The highest BCUT2D eigenvalue weighted by molar-refractivity contribution is 5.38. The monoisotopic (exact) mass is 245 g/mol. The van der Waals surface area contributed by atoms with Gasteiger partial charge in [0.05, 0.1) is 0 Å². The molecule has 0 unspecified atom stereocenters. The first kappa shape index (κ1) is 15.0. The zero-order valence-corrected chi connectivity index (χ0v) is 12.3. The second kappa shape index (κ2) is 8.10. The van der Waals surface area contributed by atoms with Crippen molar-refractivity contribution in [2.45, 2.75) is 47.0 Å². The standard InChI is InChI=1S/C17H27N/c1-5-10-18-11-8-6-7-9-17-15(3)12-14(2)13-16(17)4/h6-7,12-13,18H,5,8-11H2,1-4H3. The SMILES string of the molecule is CCCNCCC=CCc1c(C)cc(C)cc1C. The van der Waals surface area contributed by atoms with E-state index in [1.165, 1.54) is 28.7 Å². The second-order valence-corrected chi connectivity index (χ2v) is 5.09. The van der Waals surface area contributed by atoms with E-state index >= 15 is 0 Å². The van der Waals surface area contributed by atoms with Gasteiger partial charge in [-0.1, -0.05) is 36.8 Å². The molecule has 100 valence electrons. The Hall–Kier alpha value is -1.08. The van der Waals surface area contributed by atoms with Crippen LogP contribution in [0.2, 0.25) is 0 Å². The van der Waals surface area contributed by atoms with Crippen molar-refractivity contribution in [2.24, 2.45) is 0 Å². The van der Waals surface area contributed by atoms with E-state index in [-0.39, 0.29) is 0 Å². The van der Waals surface area contributed by atoms with Crippen molar-refractivity contribution in [3.05, 3.63) is 46.5 Å². The first-order chi connectivity index (χ1) is 8.65. The van der Waals surface area contributed by atoms with Gasteiger partial charge in [-0.05, 0) is 69.8 Å². The molecule has 1 nitrogen and oxygen atoms in total. The van der Waals surface area contributed by atoms with E-state index in [9.17, 15) is 0 Å². The third kappa shape index (κ3) is 5.05. The molecule has 0 aliphatic heterocycles. The van der Waals surface area contributed by atoms with E-state index in [2.05, 4.69) is 57.3 Å². The lowest BCUT2D eigenvalue weighted by Crippen LogP contribution is -2.15. The Morgan fingerprint density at radius 2 is 1.67 bits per heavy atom. The lowest BCUT2D eigenvalue weighted by Gasteiger charge is -2.09. The maximum atomic E-state index is 3.41. The van der Waals surface area contributed by atoms with E-state index < -0.39 is 0 Å². The summed E-state index contributed by atoms with van der Waals surface area (Å²) in [6.45, 7) is 11.0. The number of hydrogen-bond acceptors (Lipinski definition) is 1. The minimum Gasteiger partial charge on any atom is -0.316 e. The quantitative estimate of drug-likeness (QED) is 0.563. The molecule has 1 aromatic rings. The first-order valence-electron chi connectivity index (χ1n) is 7.07. The summed E-state index contributed by atoms with van der Waals surface area (Å²) in [7, 11) is 0. The molecule has 0 spiro atoms. The number of allylic oxidation sites excluding steroid dienone is 1. The average Bonchev–Trinajstić information content (AvgIpc) is 2.30. The molecular formula is C17H27N. The van der Waals surface area contributed by atoms with Crippen LogP contribution in [-0.2, 0) is 6.42 Å². The van der Waals surface area contributed by atoms with Crippen molar-refractivity contribution < 1.29 is 0 Å². The summed E-state index contributed by atoms with van der Waals surface area (Å²) < 4.78 is 0. The smallest absolute Gasteiger partial charge is 0.00143 e. The Kier molecular flexibility index (Phi) is 6.74. The van der Waals surface area contributed by atoms with E-state index in [1.54, 1.807) is 0 Å². The Bertz CT molecular complexity index is 368. The molecule has 0 amide bonds. The van der Waals surface area contributed by atoms with Crippen LogP contribution in [0.3, 0.4) is 0 Å². The largest absolute Gasteiger partial charge is 0.316 e. The van der Waals surface area contributed by atoms with Gasteiger partial charge in [0.2, 0.25) is 0 Å². The van der Waals surface area contributed by atoms with Crippen molar-refractivity contribution in [3.63, 3.8) is 0 Å². The zero-order chi connectivity index (χ0) is 13.4. The normalized spacial score (nSPS) is 11.3. The molecule has 1 aromatic carbocycles. The van der Waals surface area contributed by atoms with Crippen molar-refractivity contribution in [2.75, 3.05) is 13.1 Å². The van der Waals surface area contributed by atoms with Crippen LogP contribution in [0, 0.1) is 20.8 Å². The molecule has 0 atom stereocenters. The first-order valence-corrected chi connectivity index (χ1v) is 7.07. The molecular weight excluding hydrogens is 218 g/mol. The molecule has 0 fully saturated rings. The summed E-state index contributed by atoms with van der Waals surface area (Å²) in [5.74, 6) is 0. The third-order valence-electron chi connectivity index (χ3n) is 3.24. The van der Waals surface area contributed by atoms with Gasteiger partial charge >= 0.3 is 0 Å². The molecule has 0 saturated heterocycles. The Labute approximate surface area is 112 Å². The van der Waals surface area contributed by atoms with Gasteiger partial charge in [0, 0.05) is 0 Å². The van der Waals surface area contributed by atoms with Crippen LogP contribution >= 0.6 is 0 Å². The van der Waals surface area contributed by atoms with Crippen molar-refractivity contribution >= 4 is 0 Å². The molecule has 0 bridgehead atoms. The summed E-state index contributed by atoms with van der Waals surface area (Å²) in [5.41, 5.74) is 5.68. The number of nitrogens with one attached hydrogen (secondary N) is 1. The molecule has 1 rings (SSSR count). The Morgan fingerprint density at radius 3 is 2.28 bits per heavy atom. The summed E-state index contributed by atoms with van der Waals surface area (Å²) in [6, 6.07) is 4.55. The highest BCUT2D eigenvalue weighted by Gasteiger charge is 2.01. The Balaban J connectivity index is 2.41. The molecule has 0 aliphatic rings. The van der Waals surface area contributed by atoms with Crippen molar-refractivity contribution in [1.82, 2.24) is 5.32 Å². The number of rotatable bonds is 7. The van der Waals surface area contributed by atoms with Gasteiger partial charge in [0.1, 0.15) is 0 Å². The summed E-state index contributed by atoms with van der Waals surface area (Å²) in [4.78, 5) is 0. The van der Waals surface area contributed by atoms with Gasteiger partial charge < -0.3 is 5.32 Å². The fourth-order valence-electron chi connectivity index (χ4n) is 2.34. The van der Waals surface area contributed by atoms with Crippen LogP contribution in [0.5, 0.6) is 0 Å². The number of aryl methyl sites for hydroxylation is 3. The third-order valence-corrected chi connectivity index (χ3v) is 3.24. The maximum absolute atomic E-state index is 3.41. The molecule has 18 heavy (non-hydrogen) atoms. The van der Waals surface area contributed by atoms with E-state index in [0.29, 0.717) is 0 Å². The van der Waals surface area contributed by atoms with Crippen LogP contribution in [0.1, 0.15) is 42.0 Å². The summed E-state index contributed by atoms with van der Waals surface area (Å²) in [5, 5.41) is 3.41. The predicted molar refractivity (Wildman–Crippen MR) is 81.3 cm³/mol. The van der Waals surface area contributed by atoms with Crippen LogP contribution in [0.25, 0.3) is 0 Å². The summed E-state index contributed by atoms with van der Waals surface area (Å²) >= 11 is 0. The minimum absolute atomic E-state index is 1.06. The van der Waals surface area contributed by atoms with E-state index in [4.69, 9.17) is 0 Å². The van der Waals surface area contributed by atoms with Crippen LogP contribution < -0.4 is 5.32 Å². The average molecular weight is 245 g/mol. The second-order valence-electron chi connectivity index (χ2n) is 5.09. The predicted octanol–water partition coefficient (Wildman–Crippen LogP) is 4.10. The molecule has 0 aromatic heterocycles. The van der Waals surface area contributed by atoms with Crippen molar-refractivity contribution in [3.8, 4) is 0 Å². The van der Waals surface area contributed by atoms with Gasteiger partial charge in [0.15, 0.2) is 0 Å². The van der Waals surface area contributed by atoms with Crippen LogP contribution in [-0.4, -0.2) is 13.1 Å². The zero-order valence-electron chi connectivity index (χ0n) is 12.3. The molecule has 1 heteroatoms. The van der Waals surface area contributed by atoms with E-state index in [0.717, 1.165) is 25.9 Å². The topological polar surface area (TPSA) is 12.0 Å². The Morgan fingerprint density at radius 1 is 1.00 bits per heavy atom. The molecule has 0 radical (unpaired) electrons. The lowest BCUT2D eigenvalue weighted by molar-refractivity contribution is 0.678. The molecule has 1 N–H and O–H groups in total. The highest BCUT2D eigenvalue weighted by Crippen LogP contribution is 2.17. The number of hydrogen-bond donors (Lipinski definition) is 1. The number of benzene rings is 1. The maximum Gasteiger partial charge on any atom is -0.00143 e. The highest BCUT2D eigenvalue weighted by atomic mass is 14.8. The fourth-order valence-corrected chi connectivity index (χ4v) is 2.34. The van der Waals surface area contributed by atoms with Gasteiger partial charge in [-0.15, -0.1) is 0 Å². The lowest BCUT2D eigenvalue weighted by atomic mass is 9.97. The van der Waals surface area contributed by atoms with Crippen molar-refractivity contribution in [1.29, 1.82) is 0 Å². The van der Waals surface area contributed by atoms with Gasteiger partial charge in [0.25, 0.3) is 0 Å². The molecule has 0 aliphatic carbocycles.